The molecule has 0 unspecified atom stereocenters. The number of ether oxygens (including phenoxy) is 4. The van der Waals surface area contributed by atoms with Crippen molar-refractivity contribution in [2.45, 2.75) is 151 Å². The highest BCUT2D eigenvalue weighted by Gasteiger charge is 2.58. The summed E-state index contributed by atoms with van der Waals surface area (Å²) in [5.41, 5.74) is 0. The Bertz CT molecular complexity index is 726. The Morgan fingerprint density at radius 2 is 1.14 bits per heavy atom. The normalized spacial score (nSPS) is 33.3. The van der Waals surface area contributed by atoms with Gasteiger partial charge in [-0.1, -0.05) is 77.0 Å². The second kappa shape index (κ2) is 20.1. The molecule has 0 saturated carbocycles. The molecule has 13 heteroatoms. The number of carboxylic acid groups (broad SMARTS) is 1. The molecule has 42 heavy (non-hydrogen) atoms. The monoisotopic (exact) mass is 610 g/mol. The van der Waals surface area contributed by atoms with Gasteiger partial charge < -0.3 is 59.8 Å². The van der Waals surface area contributed by atoms with Gasteiger partial charge >= 0.3 is 5.97 Å². The summed E-state index contributed by atoms with van der Waals surface area (Å²) in [7, 11) is 0. The first kappa shape index (κ1) is 37.2. The third-order valence-corrected chi connectivity index (χ3v) is 8.08. The van der Waals surface area contributed by atoms with E-state index in [9.17, 15) is 40.5 Å². The molecule has 2 aliphatic heterocycles. The molecule has 2 rings (SSSR count). The fourth-order valence-electron chi connectivity index (χ4n) is 5.43. The van der Waals surface area contributed by atoms with Crippen molar-refractivity contribution in [3.05, 3.63) is 0 Å². The molecular formula is C29H54O13. The van der Waals surface area contributed by atoms with E-state index in [1.165, 1.54) is 44.9 Å². The molecule has 248 valence electrons. The van der Waals surface area contributed by atoms with Crippen LogP contribution in [-0.2, 0) is 23.7 Å². The van der Waals surface area contributed by atoms with Crippen LogP contribution in [0, 0.1) is 0 Å². The molecule has 0 radical (unpaired) electrons. The molecule has 2 aliphatic rings. The minimum Gasteiger partial charge on any atom is -0.481 e. The summed E-state index contributed by atoms with van der Waals surface area (Å²) in [6.45, 7) is -1.34. The standard InChI is InChI=1S/C29H54O13/c30-17-20-23(34)25(36)26(37)28(40-20)42-29(27(38)24(35)21(18-31)41-29)19-39-16-14-12-10-8-6-4-2-1-3-5-7-9-11-13-15-22(32)33/h20-21,23-28,30-31,34-38H,1-19H2,(H,32,33)/t20-,21-,23-,24-,25+,26-,27+,28-,29+/m1/s1. The van der Waals surface area contributed by atoms with Crippen LogP contribution in [0.2, 0.25) is 0 Å². The predicted octanol–water partition coefficient (Wildman–Crippen LogP) is 0.565. The highest BCUT2D eigenvalue weighted by molar-refractivity contribution is 5.66. The van der Waals surface area contributed by atoms with Crippen molar-refractivity contribution in [3.8, 4) is 0 Å². The van der Waals surface area contributed by atoms with Crippen molar-refractivity contribution in [3.63, 3.8) is 0 Å². The molecule has 0 aromatic rings. The van der Waals surface area contributed by atoms with Gasteiger partial charge in [-0.05, 0) is 12.8 Å². The molecule has 2 fully saturated rings. The number of unbranched alkanes of at least 4 members (excludes halogenated alkanes) is 13. The summed E-state index contributed by atoms with van der Waals surface area (Å²) in [6.07, 6.45) is 3.17. The molecular weight excluding hydrogens is 556 g/mol. The van der Waals surface area contributed by atoms with Crippen LogP contribution in [0.5, 0.6) is 0 Å². The van der Waals surface area contributed by atoms with Gasteiger partial charge in [0.1, 0.15) is 49.3 Å². The molecule has 0 aromatic carbocycles. The summed E-state index contributed by atoms with van der Waals surface area (Å²) in [6, 6.07) is 0. The van der Waals surface area contributed by atoms with E-state index in [1.807, 2.05) is 0 Å². The number of carboxylic acids is 1. The van der Waals surface area contributed by atoms with Crippen LogP contribution in [0.25, 0.3) is 0 Å². The molecule has 9 atom stereocenters. The van der Waals surface area contributed by atoms with Gasteiger partial charge in [-0.25, -0.2) is 0 Å². The quantitative estimate of drug-likeness (QED) is 0.0743. The zero-order valence-corrected chi connectivity index (χ0v) is 24.7. The van der Waals surface area contributed by atoms with E-state index < -0.39 is 74.0 Å². The van der Waals surface area contributed by atoms with E-state index in [0.29, 0.717) is 6.61 Å². The van der Waals surface area contributed by atoms with Crippen molar-refractivity contribution < 1.29 is 64.6 Å². The Balaban J connectivity index is 1.61. The summed E-state index contributed by atoms with van der Waals surface area (Å²) < 4.78 is 22.4. The SMILES string of the molecule is O=C(O)CCCCCCCCCCCCCCCCOC[C@@]1(O[C@H]2O[C@H](CO)[C@@H](O)[C@H](O)[C@H]2O)O[C@H](CO)[C@@H](O)[C@@H]1O. The second-order valence-corrected chi connectivity index (χ2v) is 11.5. The maximum atomic E-state index is 10.7. The van der Waals surface area contributed by atoms with E-state index in [4.69, 9.17) is 24.1 Å². The second-order valence-electron chi connectivity index (χ2n) is 11.5. The lowest BCUT2D eigenvalue weighted by atomic mass is 9.99. The van der Waals surface area contributed by atoms with Crippen LogP contribution in [0.4, 0.5) is 0 Å². The van der Waals surface area contributed by atoms with Crippen LogP contribution in [0.1, 0.15) is 96.3 Å². The molecule has 8 N–H and O–H groups in total. The third-order valence-electron chi connectivity index (χ3n) is 8.08. The van der Waals surface area contributed by atoms with Crippen molar-refractivity contribution in [2.24, 2.45) is 0 Å². The molecule has 0 bridgehead atoms. The predicted molar refractivity (Wildman–Crippen MR) is 149 cm³/mol. The summed E-state index contributed by atoms with van der Waals surface area (Å²) in [5, 5.41) is 79.1. The zero-order chi connectivity index (χ0) is 31.0. The van der Waals surface area contributed by atoms with E-state index in [2.05, 4.69) is 0 Å². The Morgan fingerprint density at radius 1 is 0.643 bits per heavy atom. The van der Waals surface area contributed by atoms with Crippen LogP contribution in [-0.4, -0.2) is 128 Å². The largest absolute Gasteiger partial charge is 0.481 e. The lowest BCUT2D eigenvalue weighted by Gasteiger charge is -2.43. The van der Waals surface area contributed by atoms with E-state index in [0.717, 1.165) is 44.9 Å². The lowest BCUT2D eigenvalue weighted by Crippen LogP contribution is -2.62. The third kappa shape index (κ3) is 11.8. The maximum absolute atomic E-state index is 10.7. The van der Waals surface area contributed by atoms with Crippen molar-refractivity contribution >= 4 is 5.97 Å². The van der Waals surface area contributed by atoms with Gasteiger partial charge in [-0.3, -0.25) is 4.79 Å². The highest BCUT2D eigenvalue weighted by Crippen LogP contribution is 2.36. The fourth-order valence-corrected chi connectivity index (χ4v) is 5.43. The van der Waals surface area contributed by atoms with Gasteiger partial charge in [-0.2, -0.15) is 0 Å². The number of rotatable bonds is 23. The summed E-state index contributed by atoms with van der Waals surface area (Å²) >= 11 is 0. The molecule has 13 nitrogen and oxygen atoms in total. The Kier molecular flexibility index (Phi) is 17.8. The van der Waals surface area contributed by atoms with Gasteiger partial charge in [0.2, 0.25) is 5.79 Å². The number of hydrogen-bond acceptors (Lipinski definition) is 12. The van der Waals surface area contributed by atoms with Gasteiger partial charge in [-0.15, -0.1) is 0 Å². The van der Waals surface area contributed by atoms with E-state index >= 15 is 0 Å². The minimum absolute atomic E-state index is 0.271. The Labute approximate surface area is 248 Å². The van der Waals surface area contributed by atoms with Crippen LogP contribution >= 0.6 is 0 Å². The topological polar surface area (TPSA) is 216 Å². The number of aliphatic hydroxyl groups is 7. The smallest absolute Gasteiger partial charge is 0.303 e. The first-order valence-electron chi connectivity index (χ1n) is 15.6. The van der Waals surface area contributed by atoms with Crippen LogP contribution in [0.3, 0.4) is 0 Å². The fraction of sp³-hybridized carbons (Fsp3) is 0.966. The van der Waals surface area contributed by atoms with Crippen LogP contribution in [0.15, 0.2) is 0 Å². The number of carbonyl (C=O) groups is 1. The van der Waals surface area contributed by atoms with E-state index in [-0.39, 0.29) is 13.0 Å². The molecule has 2 heterocycles. The van der Waals surface area contributed by atoms with Crippen molar-refractivity contribution in [1.29, 1.82) is 0 Å². The van der Waals surface area contributed by atoms with Gasteiger partial charge in [0, 0.05) is 13.0 Å². The maximum Gasteiger partial charge on any atom is 0.303 e. The average Bonchev–Trinajstić information content (AvgIpc) is 3.21. The van der Waals surface area contributed by atoms with Gasteiger partial charge in [0.15, 0.2) is 6.29 Å². The Hall–Kier alpha value is -0.970. The number of hydrogen-bond donors (Lipinski definition) is 8. The molecule has 2 saturated heterocycles. The number of aliphatic carboxylic acids is 1. The van der Waals surface area contributed by atoms with Gasteiger partial charge in [0.05, 0.1) is 13.2 Å². The first-order chi connectivity index (χ1) is 20.2. The van der Waals surface area contributed by atoms with Gasteiger partial charge in [0.25, 0.3) is 0 Å². The summed E-state index contributed by atoms with van der Waals surface area (Å²) in [4.78, 5) is 10.5. The number of aliphatic hydroxyl groups excluding tert-OH is 7. The molecule has 0 aliphatic carbocycles. The molecule has 0 aromatic heterocycles. The van der Waals surface area contributed by atoms with Crippen molar-refractivity contribution in [2.75, 3.05) is 26.4 Å². The highest BCUT2D eigenvalue weighted by atomic mass is 16.8. The van der Waals surface area contributed by atoms with E-state index in [1.54, 1.807) is 0 Å². The van der Waals surface area contributed by atoms with Crippen molar-refractivity contribution in [1.82, 2.24) is 0 Å². The zero-order valence-electron chi connectivity index (χ0n) is 24.7. The molecule has 0 spiro atoms. The first-order valence-corrected chi connectivity index (χ1v) is 15.6. The lowest BCUT2D eigenvalue weighted by molar-refractivity contribution is -0.385. The minimum atomic E-state index is -2.03. The Morgan fingerprint density at radius 3 is 1.62 bits per heavy atom. The van der Waals surface area contributed by atoms with Crippen LogP contribution < -0.4 is 0 Å². The average molecular weight is 611 g/mol. The summed E-state index contributed by atoms with van der Waals surface area (Å²) in [5.74, 6) is -2.74. The molecule has 0 amide bonds.